The average Bonchev–Trinajstić information content (AvgIpc) is 2.27. The first-order valence-electron chi connectivity index (χ1n) is 3.54. The van der Waals surface area contributed by atoms with Crippen molar-refractivity contribution in [3.05, 3.63) is 15.1 Å². The molecule has 0 fully saturated rings. The third-order valence-corrected chi connectivity index (χ3v) is 2.15. The number of hydrogen-bond donors (Lipinski definition) is 3. The molecule has 4 N–H and O–H groups in total. The molecule has 2 aromatic rings. The second kappa shape index (κ2) is 2.43. The van der Waals surface area contributed by atoms with E-state index in [4.69, 9.17) is 18.0 Å². The number of nitrogens with one attached hydrogen (secondary N) is 2. The smallest absolute Gasteiger partial charge is 0.278 e. The molecule has 2 rings (SSSR count). The van der Waals surface area contributed by atoms with Crippen LogP contribution < -0.4 is 11.3 Å². The molecule has 0 aliphatic heterocycles. The van der Waals surface area contributed by atoms with Gasteiger partial charge in [0.15, 0.2) is 15.9 Å². The lowest BCUT2D eigenvalue weighted by atomic mass is 10.5. The van der Waals surface area contributed by atoms with Crippen molar-refractivity contribution in [2.45, 2.75) is 0 Å². The van der Waals surface area contributed by atoms with Gasteiger partial charge in [-0.15, -0.1) is 0 Å². The molecule has 0 aromatic carbocycles. The molecule has 0 aliphatic carbocycles. The van der Waals surface area contributed by atoms with Crippen LogP contribution in [0, 0.1) is 4.77 Å². The van der Waals surface area contributed by atoms with Gasteiger partial charge in [-0.05, 0) is 12.2 Å². The maximum Gasteiger partial charge on any atom is 0.278 e. The van der Waals surface area contributed by atoms with Gasteiger partial charge in [-0.2, -0.15) is 4.98 Å². The third kappa shape index (κ3) is 1.04. The highest BCUT2D eigenvalue weighted by Crippen LogP contribution is 2.04. The monoisotopic (exact) mass is 197 g/mol. The van der Waals surface area contributed by atoms with Gasteiger partial charge in [-0.3, -0.25) is 9.78 Å². The van der Waals surface area contributed by atoms with E-state index in [-0.39, 0.29) is 11.5 Å². The molecule has 0 radical (unpaired) electrons. The molecule has 0 saturated heterocycles. The Labute approximate surface area is 77.4 Å². The highest BCUT2D eigenvalue weighted by molar-refractivity contribution is 7.71. The maximum atomic E-state index is 11.4. The van der Waals surface area contributed by atoms with Crippen molar-refractivity contribution in [2.75, 3.05) is 5.73 Å². The first kappa shape index (κ1) is 7.99. The van der Waals surface area contributed by atoms with Crippen LogP contribution in [0.4, 0.5) is 5.95 Å². The zero-order valence-corrected chi connectivity index (χ0v) is 7.60. The number of imidazole rings is 1. The van der Waals surface area contributed by atoms with Gasteiger partial charge in [-0.25, -0.2) is 0 Å². The van der Waals surface area contributed by atoms with Gasteiger partial charge >= 0.3 is 0 Å². The second-order valence-corrected chi connectivity index (χ2v) is 3.02. The van der Waals surface area contributed by atoms with Crippen molar-refractivity contribution in [2.24, 2.45) is 7.05 Å². The topological polar surface area (TPSA) is 92.5 Å². The van der Waals surface area contributed by atoms with Crippen LogP contribution >= 0.6 is 12.2 Å². The Morgan fingerprint density at radius 2 is 2.23 bits per heavy atom. The highest BCUT2D eigenvalue weighted by atomic mass is 32.1. The number of hydrogen-bond acceptors (Lipinski definition) is 4. The maximum absolute atomic E-state index is 11.4. The Morgan fingerprint density at radius 1 is 1.54 bits per heavy atom. The lowest BCUT2D eigenvalue weighted by molar-refractivity contribution is 0.919. The number of aromatic nitrogens is 4. The van der Waals surface area contributed by atoms with Crippen LogP contribution in [0.3, 0.4) is 0 Å². The third-order valence-electron chi connectivity index (χ3n) is 1.78. The second-order valence-electron chi connectivity index (χ2n) is 2.64. The van der Waals surface area contributed by atoms with Crippen LogP contribution in [0.5, 0.6) is 0 Å². The van der Waals surface area contributed by atoms with Crippen molar-refractivity contribution in [1.29, 1.82) is 0 Å². The predicted molar refractivity (Wildman–Crippen MR) is 50.9 cm³/mol. The Kier molecular flexibility index (Phi) is 1.49. The fourth-order valence-electron chi connectivity index (χ4n) is 1.17. The fraction of sp³-hybridized carbons (Fsp3) is 0.167. The first-order valence-corrected chi connectivity index (χ1v) is 3.95. The summed E-state index contributed by atoms with van der Waals surface area (Å²) in [5.41, 5.74) is 5.87. The Morgan fingerprint density at radius 3 is 2.92 bits per heavy atom. The summed E-state index contributed by atoms with van der Waals surface area (Å²) in [6, 6.07) is 0. The number of nitrogens with zero attached hydrogens (tertiary/aromatic N) is 2. The van der Waals surface area contributed by atoms with Crippen LogP contribution in [-0.4, -0.2) is 19.5 Å². The Hall–Kier alpha value is -1.63. The molecule has 0 aliphatic rings. The van der Waals surface area contributed by atoms with E-state index in [1.165, 1.54) is 0 Å². The van der Waals surface area contributed by atoms with Gasteiger partial charge in [0.2, 0.25) is 5.95 Å². The first-order chi connectivity index (χ1) is 6.09. The predicted octanol–water partition coefficient (Wildman–Crippen LogP) is -0.0986. The van der Waals surface area contributed by atoms with E-state index in [0.29, 0.717) is 15.9 Å². The molecular formula is C6H7N5OS. The van der Waals surface area contributed by atoms with Gasteiger partial charge in [-0.1, -0.05) is 0 Å². The Bertz CT molecular complexity index is 577. The van der Waals surface area contributed by atoms with E-state index >= 15 is 0 Å². The number of rotatable bonds is 0. The molecule has 0 unspecified atom stereocenters. The van der Waals surface area contributed by atoms with Crippen molar-refractivity contribution in [3.8, 4) is 0 Å². The van der Waals surface area contributed by atoms with Crippen molar-refractivity contribution in [3.63, 3.8) is 0 Å². The van der Waals surface area contributed by atoms with E-state index in [0.717, 1.165) is 0 Å². The number of anilines is 1. The number of nitrogen functional groups attached to an aromatic ring is 1. The largest absolute Gasteiger partial charge is 0.369 e. The summed E-state index contributed by atoms with van der Waals surface area (Å²) in [5, 5.41) is 0. The highest BCUT2D eigenvalue weighted by Gasteiger charge is 2.06. The normalized spacial score (nSPS) is 10.8. The minimum absolute atomic E-state index is 0.0781. The standard InChI is InChI=1S/C6H7N5OS/c1-11-2-3(9-6(11)13)8-5(7)10-4(2)12/h1H3,(H4,7,8,9,10,12,13). The molecule has 2 heterocycles. The van der Waals surface area contributed by atoms with E-state index < -0.39 is 0 Å². The van der Waals surface area contributed by atoms with Gasteiger partial charge in [0, 0.05) is 7.05 Å². The zero-order valence-electron chi connectivity index (χ0n) is 6.79. The molecule has 6 nitrogen and oxygen atoms in total. The van der Waals surface area contributed by atoms with Gasteiger partial charge in [0.1, 0.15) is 0 Å². The van der Waals surface area contributed by atoms with Crippen molar-refractivity contribution in [1.82, 2.24) is 19.5 Å². The minimum atomic E-state index is -0.294. The van der Waals surface area contributed by atoms with E-state index in [2.05, 4.69) is 15.0 Å². The lowest BCUT2D eigenvalue weighted by Crippen LogP contribution is -2.13. The van der Waals surface area contributed by atoms with E-state index in [1.807, 2.05) is 0 Å². The number of nitrogens with two attached hydrogens (primary N) is 1. The molecule has 13 heavy (non-hydrogen) atoms. The molecule has 2 aromatic heterocycles. The molecule has 68 valence electrons. The summed E-state index contributed by atoms with van der Waals surface area (Å²) in [6.07, 6.45) is 0. The molecule has 0 bridgehead atoms. The zero-order chi connectivity index (χ0) is 9.59. The molecule has 7 heteroatoms. The summed E-state index contributed by atoms with van der Waals surface area (Å²) >= 11 is 4.93. The van der Waals surface area contributed by atoms with Gasteiger partial charge < -0.3 is 15.3 Å². The molecule has 0 amide bonds. The number of aryl methyl sites for hydroxylation is 1. The van der Waals surface area contributed by atoms with E-state index in [9.17, 15) is 4.79 Å². The Balaban J connectivity index is 3.12. The molecule has 0 saturated carbocycles. The summed E-state index contributed by atoms with van der Waals surface area (Å²) in [6.45, 7) is 0. The van der Waals surface area contributed by atoms with Crippen LogP contribution in [0.2, 0.25) is 0 Å². The van der Waals surface area contributed by atoms with Gasteiger partial charge in [0.05, 0.1) is 0 Å². The lowest BCUT2D eigenvalue weighted by Gasteiger charge is -1.93. The summed E-state index contributed by atoms with van der Waals surface area (Å²) in [7, 11) is 1.69. The van der Waals surface area contributed by atoms with Crippen LogP contribution in [-0.2, 0) is 7.05 Å². The number of H-pyrrole nitrogens is 2. The van der Waals surface area contributed by atoms with Crippen LogP contribution in [0.25, 0.3) is 11.2 Å². The number of aromatic amines is 2. The fourth-order valence-corrected chi connectivity index (χ4v) is 1.36. The minimum Gasteiger partial charge on any atom is -0.369 e. The van der Waals surface area contributed by atoms with Crippen LogP contribution in [0.15, 0.2) is 4.79 Å². The molecule has 0 spiro atoms. The van der Waals surface area contributed by atoms with Crippen LogP contribution in [0.1, 0.15) is 0 Å². The SMILES string of the molecule is Cn1c(=S)[nH]c2nc(N)[nH]c(=O)c21. The van der Waals surface area contributed by atoms with Crippen molar-refractivity contribution < 1.29 is 0 Å². The number of fused-ring (bicyclic) bond motifs is 1. The summed E-state index contributed by atoms with van der Waals surface area (Å²) in [5.74, 6) is 0.0781. The quantitative estimate of drug-likeness (QED) is 0.514. The molecular weight excluding hydrogens is 190 g/mol. The van der Waals surface area contributed by atoms with Gasteiger partial charge in [0.25, 0.3) is 5.56 Å². The summed E-state index contributed by atoms with van der Waals surface area (Å²) in [4.78, 5) is 20.4. The van der Waals surface area contributed by atoms with Crippen molar-refractivity contribution >= 4 is 29.3 Å². The molecule has 0 atom stereocenters. The average molecular weight is 197 g/mol. The van der Waals surface area contributed by atoms with E-state index in [1.54, 1.807) is 11.6 Å². The summed E-state index contributed by atoms with van der Waals surface area (Å²) < 4.78 is 1.99.